The van der Waals surface area contributed by atoms with E-state index in [0.29, 0.717) is 28.6 Å². The van der Waals surface area contributed by atoms with Crippen LogP contribution >= 0.6 is 11.6 Å². The van der Waals surface area contributed by atoms with Gasteiger partial charge in [0.25, 0.3) is 5.56 Å². The molecule has 1 N–H and O–H groups in total. The van der Waals surface area contributed by atoms with E-state index in [4.69, 9.17) is 16.3 Å². The van der Waals surface area contributed by atoms with E-state index in [1.54, 1.807) is 30.5 Å². The van der Waals surface area contributed by atoms with Gasteiger partial charge in [-0.1, -0.05) is 30.7 Å². The van der Waals surface area contributed by atoms with E-state index >= 15 is 0 Å². The van der Waals surface area contributed by atoms with Crippen molar-refractivity contribution >= 4 is 17.6 Å². The molecular weight excluding hydrogens is 372 g/mol. The molecule has 0 aliphatic carbocycles. The first-order valence-corrected chi connectivity index (χ1v) is 8.61. The summed E-state index contributed by atoms with van der Waals surface area (Å²) < 4.78 is 7.93. The molecule has 27 heavy (non-hydrogen) atoms. The Morgan fingerprint density at radius 2 is 2.04 bits per heavy atom. The fourth-order valence-corrected chi connectivity index (χ4v) is 2.55. The van der Waals surface area contributed by atoms with Crippen molar-refractivity contribution < 1.29 is 14.6 Å². The number of ether oxygens (including phenoxy) is 1. The van der Waals surface area contributed by atoms with E-state index in [1.807, 2.05) is 6.92 Å². The first kappa shape index (κ1) is 18.8. The number of nitrogens with zero attached hydrogens (tertiary/aromatic N) is 4. The van der Waals surface area contributed by atoms with Gasteiger partial charge in [-0.25, -0.2) is 9.48 Å². The number of benzene rings is 1. The zero-order valence-electron chi connectivity index (χ0n) is 14.5. The van der Waals surface area contributed by atoms with Crippen molar-refractivity contribution in [3.8, 4) is 16.9 Å². The maximum Gasteiger partial charge on any atom is 0.341 e. The predicted molar refractivity (Wildman–Crippen MR) is 99.3 cm³/mol. The number of carbonyl (C=O) groups is 1. The molecule has 0 radical (unpaired) electrons. The Kier molecular flexibility index (Phi) is 5.68. The molecule has 2 heterocycles. The number of rotatable bonds is 7. The Morgan fingerprint density at radius 3 is 2.70 bits per heavy atom. The average Bonchev–Trinajstić information content (AvgIpc) is 3.11. The van der Waals surface area contributed by atoms with Gasteiger partial charge in [0.1, 0.15) is 18.0 Å². The summed E-state index contributed by atoms with van der Waals surface area (Å²) in [5.41, 5.74) is 0.186. The second kappa shape index (κ2) is 8.15. The van der Waals surface area contributed by atoms with E-state index in [-0.39, 0.29) is 12.3 Å². The number of aromatic carboxylic acids is 1. The molecule has 3 rings (SSSR count). The molecule has 0 amide bonds. The number of aromatic nitrogens is 4. The van der Waals surface area contributed by atoms with Crippen molar-refractivity contribution in [3.63, 3.8) is 0 Å². The zero-order chi connectivity index (χ0) is 19.4. The lowest BCUT2D eigenvalue weighted by Crippen LogP contribution is -2.27. The summed E-state index contributed by atoms with van der Waals surface area (Å²) in [6, 6.07) is 7.98. The van der Waals surface area contributed by atoms with Crippen molar-refractivity contribution in [1.82, 2.24) is 19.6 Å². The van der Waals surface area contributed by atoms with Crippen LogP contribution in [0.5, 0.6) is 0 Å². The van der Waals surface area contributed by atoms with Crippen LogP contribution in [0.15, 0.2) is 47.5 Å². The highest BCUT2D eigenvalue weighted by atomic mass is 35.5. The lowest BCUT2D eigenvalue weighted by atomic mass is 10.1. The molecule has 0 bridgehead atoms. The van der Waals surface area contributed by atoms with Gasteiger partial charge in [0.05, 0.1) is 18.1 Å². The molecule has 8 nitrogen and oxygen atoms in total. The van der Waals surface area contributed by atoms with Crippen LogP contribution in [0.25, 0.3) is 16.9 Å². The number of carboxylic acid groups (broad SMARTS) is 1. The third-order valence-electron chi connectivity index (χ3n) is 3.72. The molecule has 1 aromatic carbocycles. The Balaban J connectivity index is 2.05. The quantitative estimate of drug-likeness (QED) is 0.625. The van der Waals surface area contributed by atoms with Crippen molar-refractivity contribution in [2.45, 2.75) is 20.1 Å². The third-order valence-corrected chi connectivity index (χ3v) is 3.97. The third kappa shape index (κ3) is 4.24. The van der Waals surface area contributed by atoms with Crippen LogP contribution < -0.4 is 5.56 Å². The van der Waals surface area contributed by atoms with Crippen LogP contribution in [-0.2, 0) is 11.5 Å². The summed E-state index contributed by atoms with van der Waals surface area (Å²) in [4.78, 5) is 24.1. The predicted octanol–water partition coefficient (Wildman–Crippen LogP) is 2.83. The minimum atomic E-state index is -1.33. The summed E-state index contributed by atoms with van der Waals surface area (Å²) in [6.07, 6.45) is 3.88. The first-order chi connectivity index (χ1) is 13.0. The second-order valence-corrected chi connectivity index (χ2v) is 6.18. The van der Waals surface area contributed by atoms with Crippen LogP contribution in [0.3, 0.4) is 0 Å². The van der Waals surface area contributed by atoms with Crippen molar-refractivity contribution in [1.29, 1.82) is 0 Å². The summed E-state index contributed by atoms with van der Waals surface area (Å²) in [5, 5.41) is 18.4. The monoisotopic (exact) mass is 388 g/mol. The summed E-state index contributed by atoms with van der Waals surface area (Å²) in [6.45, 7) is 2.81. The Morgan fingerprint density at radius 1 is 1.30 bits per heavy atom. The molecule has 0 saturated carbocycles. The highest BCUT2D eigenvalue weighted by Crippen LogP contribution is 2.20. The largest absolute Gasteiger partial charge is 0.477 e. The maximum atomic E-state index is 12.5. The van der Waals surface area contributed by atoms with Crippen molar-refractivity contribution in [3.05, 3.63) is 63.7 Å². The first-order valence-electron chi connectivity index (χ1n) is 8.23. The van der Waals surface area contributed by atoms with Gasteiger partial charge >= 0.3 is 5.97 Å². The molecule has 2 aromatic heterocycles. The van der Waals surface area contributed by atoms with Crippen LogP contribution in [0.2, 0.25) is 5.02 Å². The van der Waals surface area contributed by atoms with Gasteiger partial charge in [0.15, 0.2) is 0 Å². The van der Waals surface area contributed by atoms with Crippen LogP contribution in [0, 0.1) is 0 Å². The molecule has 0 fully saturated rings. The van der Waals surface area contributed by atoms with Gasteiger partial charge in [0.2, 0.25) is 0 Å². The Labute approximate surface area is 159 Å². The Hall–Kier alpha value is -2.97. The van der Waals surface area contributed by atoms with E-state index in [9.17, 15) is 14.7 Å². The minimum Gasteiger partial charge on any atom is -0.477 e. The second-order valence-electron chi connectivity index (χ2n) is 5.75. The standard InChI is InChI=1S/C18H17ClN4O4/c1-2-7-27-11-22-10-14(9-20-22)23-17(24)15(18(25)26)8-16(21-23)12-3-5-13(19)6-4-12/h3-6,8-10H,2,7,11H2,1H3,(H,25,26). The van der Waals surface area contributed by atoms with Crippen molar-refractivity contribution in [2.24, 2.45) is 0 Å². The molecular formula is C18H17ClN4O4. The molecule has 0 unspecified atom stereocenters. The highest BCUT2D eigenvalue weighted by molar-refractivity contribution is 6.30. The van der Waals surface area contributed by atoms with Gasteiger partial charge in [-0.05, 0) is 24.6 Å². The maximum absolute atomic E-state index is 12.5. The number of carboxylic acids is 1. The zero-order valence-corrected chi connectivity index (χ0v) is 15.3. The summed E-state index contributed by atoms with van der Waals surface area (Å²) in [7, 11) is 0. The lowest BCUT2D eigenvalue weighted by Gasteiger charge is -2.08. The van der Waals surface area contributed by atoms with Gasteiger partial charge in [0, 0.05) is 17.2 Å². The fraction of sp³-hybridized carbons (Fsp3) is 0.222. The topological polar surface area (TPSA) is 99.2 Å². The van der Waals surface area contributed by atoms with Crippen LogP contribution in [-0.4, -0.2) is 37.2 Å². The van der Waals surface area contributed by atoms with E-state index in [2.05, 4.69) is 10.2 Å². The van der Waals surface area contributed by atoms with Gasteiger partial charge in [-0.3, -0.25) is 4.79 Å². The van der Waals surface area contributed by atoms with Gasteiger partial charge in [-0.15, -0.1) is 0 Å². The number of halogens is 1. The summed E-state index contributed by atoms with van der Waals surface area (Å²) >= 11 is 5.90. The van der Waals surface area contributed by atoms with Gasteiger partial charge in [-0.2, -0.15) is 14.9 Å². The average molecular weight is 389 g/mol. The molecule has 0 atom stereocenters. The molecule has 3 aromatic rings. The van der Waals surface area contributed by atoms with Crippen molar-refractivity contribution in [2.75, 3.05) is 6.61 Å². The smallest absolute Gasteiger partial charge is 0.341 e. The molecule has 0 aliphatic rings. The van der Waals surface area contributed by atoms with Gasteiger partial charge < -0.3 is 9.84 Å². The normalized spacial score (nSPS) is 10.9. The SMILES string of the molecule is CCCOCn1cc(-n2nc(-c3ccc(Cl)cc3)cc(C(=O)O)c2=O)cn1. The molecule has 9 heteroatoms. The summed E-state index contributed by atoms with van der Waals surface area (Å²) in [5.74, 6) is -1.33. The molecule has 0 spiro atoms. The molecule has 140 valence electrons. The Bertz CT molecular complexity index is 1010. The highest BCUT2D eigenvalue weighted by Gasteiger charge is 2.17. The number of hydrogen-bond acceptors (Lipinski definition) is 5. The van der Waals surface area contributed by atoms with Crippen LogP contribution in [0.4, 0.5) is 0 Å². The molecule has 0 saturated heterocycles. The van der Waals surface area contributed by atoms with E-state index in [0.717, 1.165) is 11.1 Å². The number of hydrogen-bond donors (Lipinski definition) is 1. The van der Waals surface area contributed by atoms with E-state index < -0.39 is 11.5 Å². The minimum absolute atomic E-state index is 0.227. The van der Waals surface area contributed by atoms with E-state index in [1.165, 1.54) is 16.9 Å². The molecule has 0 aliphatic heterocycles. The fourth-order valence-electron chi connectivity index (χ4n) is 2.42. The lowest BCUT2D eigenvalue weighted by molar-refractivity contribution is 0.0690. The van der Waals surface area contributed by atoms with Crippen LogP contribution in [0.1, 0.15) is 23.7 Å².